The van der Waals surface area contributed by atoms with Gasteiger partial charge in [-0.15, -0.1) is 0 Å². The quantitative estimate of drug-likeness (QED) is 0.717. The van der Waals surface area contributed by atoms with Crippen LogP contribution in [-0.2, 0) is 9.59 Å². The van der Waals surface area contributed by atoms with E-state index in [2.05, 4.69) is 11.4 Å². The molecule has 4 nitrogen and oxygen atoms in total. The van der Waals surface area contributed by atoms with Crippen molar-refractivity contribution in [1.82, 2.24) is 4.90 Å². The van der Waals surface area contributed by atoms with E-state index in [9.17, 15) is 9.59 Å². The lowest BCUT2D eigenvalue weighted by Crippen LogP contribution is -2.29. The van der Waals surface area contributed by atoms with Gasteiger partial charge in [-0.1, -0.05) is 24.3 Å². The molecule has 0 saturated carbocycles. The van der Waals surface area contributed by atoms with Gasteiger partial charge in [0, 0.05) is 24.4 Å². The van der Waals surface area contributed by atoms with Gasteiger partial charge in [-0.25, -0.2) is 0 Å². The number of benzene rings is 1. The summed E-state index contributed by atoms with van der Waals surface area (Å²) in [6.07, 6.45) is 2.74. The predicted molar refractivity (Wildman–Crippen MR) is 70.3 cm³/mol. The molecule has 1 aromatic rings. The summed E-state index contributed by atoms with van der Waals surface area (Å²) >= 11 is 0. The summed E-state index contributed by atoms with van der Waals surface area (Å²) in [6.45, 7) is 0. The second-order valence-electron chi connectivity index (χ2n) is 5.45. The third kappa shape index (κ3) is 1.23. The van der Waals surface area contributed by atoms with Crippen LogP contribution >= 0.6 is 0 Å². The molecule has 2 unspecified atom stereocenters. The number of amides is 2. The van der Waals surface area contributed by atoms with E-state index in [0.29, 0.717) is 6.42 Å². The minimum atomic E-state index is -0.228. The summed E-state index contributed by atoms with van der Waals surface area (Å²) in [5, 5.41) is 3.38. The van der Waals surface area contributed by atoms with Gasteiger partial charge in [-0.05, 0) is 18.1 Å². The lowest BCUT2D eigenvalue weighted by atomic mass is 9.74. The average Bonchev–Trinajstić information content (AvgIpc) is 2.91. The maximum absolute atomic E-state index is 12.4. The number of rotatable bonds is 0. The van der Waals surface area contributed by atoms with Gasteiger partial charge < -0.3 is 5.32 Å². The first-order valence-corrected chi connectivity index (χ1v) is 6.56. The Hall–Kier alpha value is -2.10. The summed E-state index contributed by atoms with van der Waals surface area (Å²) in [5.74, 6) is -0.456. The van der Waals surface area contributed by atoms with E-state index in [1.807, 2.05) is 24.3 Å². The SMILES string of the molecule is CN1C(=O)C2CC=C3Nc4ccccc4[C@H]3C2C1=O. The molecule has 2 aliphatic heterocycles. The fraction of sp³-hybridized carbons (Fsp3) is 0.333. The van der Waals surface area contributed by atoms with Crippen molar-refractivity contribution in [1.29, 1.82) is 0 Å². The molecule has 1 saturated heterocycles. The Bertz CT molecular complexity index is 635. The van der Waals surface area contributed by atoms with Crippen LogP contribution in [0.2, 0.25) is 0 Å². The third-order valence-corrected chi connectivity index (χ3v) is 4.56. The summed E-state index contributed by atoms with van der Waals surface area (Å²) in [4.78, 5) is 25.8. The van der Waals surface area contributed by atoms with Crippen LogP contribution in [0.5, 0.6) is 0 Å². The summed E-state index contributed by atoms with van der Waals surface area (Å²) in [7, 11) is 1.59. The molecule has 0 radical (unpaired) electrons. The molecule has 2 heterocycles. The first-order valence-electron chi connectivity index (χ1n) is 6.56. The maximum atomic E-state index is 12.4. The van der Waals surface area contributed by atoms with Crippen molar-refractivity contribution in [3.8, 4) is 0 Å². The molecule has 2 amide bonds. The number of hydrogen-bond acceptors (Lipinski definition) is 3. The summed E-state index contributed by atoms with van der Waals surface area (Å²) < 4.78 is 0. The fourth-order valence-corrected chi connectivity index (χ4v) is 3.63. The number of nitrogens with one attached hydrogen (secondary N) is 1. The number of allylic oxidation sites excluding steroid dienone is 2. The zero-order valence-corrected chi connectivity index (χ0v) is 10.6. The molecule has 4 rings (SSSR count). The Kier molecular flexibility index (Phi) is 1.97. The van der Waals surface area contributed by atoms with Crippen molar-refractivity contribution in [2.45, 2.75) is 12.3 Å². The molecule has 0 bridgehead atoms. The number of hydrogen-bond donors (Lipinski definition) is 1. The van der Waals surface area contributed by atoms with Gasteiger partial charge in [0.25, 0.3) is 0 Å². The Labute approximate surface area is 111 Å². The largest absolute Gasteiger partial charge is 0.358 e. The van der Waals surface area contributed by atoms with Crippen molar-refractivity contribution in [3.05, 3.63) is 41.6 Å². The molecule has 96 valence electrons. The first-order chi connectivity index (χ1) is 9.18. The van der Waals surface area contributed by atoms with Gasteiger partial charge in [0.05, 0.1) is 11.8 Å². The third-order valence-electron chi connectivity index (χ3n) is 4.56. The Balaban J connectivity index is 1.87. The number of likely N-dealkylation sites (tertiary alicyclic amines) is 1. The molecule has 3 aliphatic rings. The van der Waals surface area contributed by atoms with E-state index in [1.54, 1.807) is 7.05 Å². The normalized spacial score (nSPS) is 31.5. The van der Waals surface area contributed by atoms with Crippen LogP contribution in [0.4, 0.5) is 5.69 Å². The lowest BCUT2D eigenvalue weighted by molar-refractivity contribution is -0.138. The van der Waals surface area contributed by atoms with Crippen LogP contribution in [0, 0.1) is 11.8 Å². The molecule has 1 aromatic carbocycles. The predicted octanol–water partition coefficient (Wildman–Crippen LogP) is 1.71. The highest BCUT2D eigenvalue weighted by Crippen LogP contribution is 2.51. The lowest BCUT2D eigenvalue weighted by Gasteiger charge is -2.26. The van der Waals surface area contributed by atoms with Crippen LogP contribution in [0.3, 0.4) is 0 Å². The van der Waals surface area contributed by atoms with Gasteiger partial charge in [0.15, 0.2) is 0 Å². The first kappa shape index (κ1) is 10.8. The molecule has 1 fully saturated rings. The number of para-hydroxylation sites is 1. The molecule has 4 heteroatoms. The number of carbonyl (C=O) groups excluding carboxylic acids is 2. The minimum Gasteiger partial charge on any atom is -0.358 e. The van der Waals surface area contributed by atoms with Crippen LogP contribution in [-0.4, -0.2) is 23.8 Å². The highest BCUT2D eigenvalue weighted by molar-refractivity contribution is 6.06. The van der Waals surface area contributed by atoms with Gasteiger partial charge in [0.2, 0.25) is 11.8 Å². The fourth-order valence-electron chi connectivity index (χ4n) is 3.63. The molecular weight excluding hydrogens is 240 g/mol. The van der Waals surface area contributed by atoms with Crippen LogP contribution in [0.15, 0.2) is 36.0 Å². The van der Waals surface area contributed by atoms with E-state index in [-0.39, 0.29) is 29.6 Å². The van der Waals surface area contributed by atoms with Crippen molar-refractivity contribution < 1.29 is 9.59 Å². The Morgan fingerprint density at radius 1 is 1.21 bits per heavy atom. The van der Waals surface area contributed by atoms with Gasteiger partial charge in [0.1, 0.15) is 0 Å². The number of imide groups is 1. The van der Waals surface area contributed by atoms with Gasteiger partial charge >= 0.3 is 0 Å². The number of nitrogens with zero attached hydrogens (tertiary/aromatic N) is 1. The van der Waals surface area contributed by atoms with Crippen molar-refractivity contribution in [2.75, 3.05) is 12.4 Å². The number of carbonyl (C=O) groups is 2. The maximum Gasteiger partial charge on any atom is 0.233 e. The molecule has 0 spiro atoms. The van der Waals surface area contributed by atoms with Crippen LogP contribution < -0.4 is 5.32 Å². The zero-order valence-electron chi connectivity index (χ0n) is 10.6. The number of anilines is 1. The van der Waals surface area contributed by atoms with E-state index in [0.717, 1.165) is 16.9 Å². The Morgan fingerprint density at radius 2 is 2.00 bits per heavy atom. The van der Waals surface area contributed by atoms with Crippen molar-refractivity contribution in [2.24, 2.45) is 11.8 Å². The molecule has 0 aromatic heterocycles. The molecule has 3 atom stereocenters. The average molecular weight is 254 g/mol. The monoisotopic (exact) mass is 254 g/mol. The summed E-state index contributed by atoms with van der Waals surface area (Å²) in [6, 6.07) is 8.04. The topological polar surface area (TPSA) is 49.4 Å². The van der Waals surface area contributed by atoms with E-state index in [1.165, 1.54) is 4.90 Å². The standard InChI is InChI=1S/C15H14N2O2/c1-17-14(18)9-6-7-11-12(13(9)15(17)19)8-4-2-3-5-10(8)16-11/h2-5,7,9,12-13,16H,6H2,1H3/t9?,12-,13?/m1/s1. The van der Waals surface area contributed by atoms with Gasteiger partial charge in [-0.2, -0.15) is 0 Å². The van der Waals surface area contributed by atoms with Crippen LogP contribution in [0.25, 0.3) is 0 Å². The minimum absolute atomic E-state index is 0.0244. The van der Waals surface area contributed by atoms with Crippen molar-refractivity contribution in [3.63, 3.8) is 0 Å². The highest BCUT2D eigenvalue weighted by Gasteiger charge is 2.53. The van der Waals surface area contributed by atoms with Crippen LogP contribution in [0.1, 0.15) is 17.9 Å². The van der Waals surface area contributed by atoms with E-state index >= 15 is 0 Å². The molecule has 1 N–H and O–H groups in total. The summed E-state index contributed by atoms with van der Waals surface area (Å²) in [5.41, 5.74) is 3.29. The van der Waals surface area contributed by atoms with Gasteiger partial charge in [-0.3, -0.25) is 14.5 Å². The van der Waals surface area contributed by atoms with E-state index in [4.69, 9.17) is 0 Å². The highest BCUT2D eigenvalue weighted by atomic mass is 16.2. The zero-order chi connectivity index (χ0) is 13.1. The second kappa shape index (κ2) is 3.47. The molecular formula is C15H14N2O2. The number of fused-ring (bicyclic) bond motifs is 5. The molecule has 19 heavy (non-hydrogen) atoms. The second-order valence-corrected chi connectivity index (χ2v) is 5.45. The van der Waals surface area contributed by atoms with Crippen molar-refractivity contribution >= 4 is 17.5 Å². The molecule has 1 aliphatic carbocycles. The Morgan fingerprint density at radius 3 is 2.84 bits per heavy atom. The van der Waals surface area contributed by atoms with E-state index < -0.39 is 0 Å². The smallest absolute Gasteiger partial charge is 0.233 e.